The molecule has 0 atom stereocenters. The van der Waals surface area contributed by atoms with Crippen LogP contribution < -0.4 is 10.9 Å². The standard InChI is InChI=1S/C16H11BrN2O3/c1-9-6-11(17)8-18-14(9)19-15(20)12-7-10-4-2-3-5-13(10)22-16(12)21/h2-8H,1H3,(H,18,19,20). The lowest BCUT2D eigenvalue weighted by molar-refractivity contribution is 0.102. The van der Waals surface area contributed by atoms with Crippen LogP contribution in [0.15, 0.2) is 56.3 Å². The number of anilines is 1. The van der Waals surface area contributed by atoms with Crippen molar-refractivity contribution in [3.8, 4) is 0 Å². The number of benzene rings is 1. The number of carbonyl (C=O) groups excluding carboxylic acids is 1. The maximum absolute atomic E-state index is 12.3. The second-order valence-electron chi connectivity index (χ2n) is 4.76. The Morgan fingerprint density at radius 1 is 1.27 bits per heavy atom. The van der Waals surface area contributed by atoms with Crippen molar-refractivity contribution in [1.29, 1.82) is 0 Å². The fourth-order valence-corrected chi connectivity index (χ4v) is 2.51. The van der Waals surface area contributed by atoms with E-state index >= 15 is 0 Å². The molecule has 0 saturated heterocycles. The van der Waals surface area contributed by atoms with E-state index in [1.807, 2.05) is 19.1 Å². The van der Waals surface area contributed by atoms with Crippen LogP contribution in [-0.2, 0) is 0 Å². The van der Waals surface area contributed by atoms with E-state index in [2.05, 4.69) is 26.2 Å². The highest BCUT2D eigenvalue weighted by molar-refractivity contribution is 9.10. The van der Waals surface area contributed by atoms with Crippen LogP contribution in [0.2, 0.25) is 0 Å². The Bertz CT molecular complexity index is 934. The van der Waals surface area contributed by atoms with E-state index in [0.717, 1.165) is 10.0 Å². The van der Waals surface area contributed by atoms with E-state index in [0.29, 0.717) is 16.8 Å². The average Bonchev–Trinajstić information content (AvgIpc) is 2.49. The summed E-state index contributed by atoms with van der Waals surface area (Å²) < 4.78 is 5.97. The highest BCUT2D eigenvalue weighted by Gasteiger charge is 2.15. The summed E-state index contributed by atoms with van der Waals surface area (Å²) in [7, 11) is 0. The molecule has 110 valence electrons. The molecule has 2 heterocycles. The van der Waals surface area contributed by atoms with Crippen molar-refractivity contribution < 1.29 is 9.21 Å². The summed E-state index contributed by atoms with van der Waals surface area (Å²) in [4.78, 5) is 28.4. The molecular formula is C16H11BrN2O3. The second kappa shape index (κ2) is 5.73. The zero-order chi connectivity index (χ0) is 15.7. The van der Waals surface area contributed by atoms with Crippen molar-refractivity contribution >= 4 is 38.6 Å². The normalized spacial score (nSPS) is 10.6. The number of pyridine rings is 1. The Balaban J connectivity index is 1.98. The summed E-state index contributed by atoms with van der Waals surface area (Å²) in [5, 5.41) is 3.32. The predicted molar refractivity (Wildman–Crippen MR) is 87.1 cm³/mol. The first kappa shape index (κ1) is 14.5. The quantitative estimate of drug-likeness (QED) is 0.711. The van der Waals surface area contributed by atoms with Gasteiger partial charge in [0, 0.05) is 16.1 Å². The maximum atomic E-state index is 12.3. The minimum atomic E-state index is -0.675. The van der Waals surface area contributed by atoms with Gasteiger partial charge in [-0.2, -0.15) is 0 Å². The summed E-state index contributed by atoms with van der Waals surface area (Å²) >= 11 is 3.31. The molecule has 3 rings (SSSR count). The highest BCUT2D eigenvalue weighted by atomic mass is 79.9. The van der Waals surface area contributed by atoms with Crippen LogP contribution in [0, 0.1) is 6.92 Å². The number of para-hydroxylation sites is 1. The van der Waals surface area contributed by atoms with Gasteiger partial charge in [0.15, 0.2) is 0 Å². The van der Waals surface area contributed by atoms with Crippen molar-refractivity contribution in [1.82, 2.24) is 4.98 Å². The van der Waals surface area contributed by atoms with Crippen LogP contribution >= 0.6 is 15.9 Å². The SMILES string of the molecule is Cc1cc(Br)cnc1NC(=O)c1cc2ccccc2oc1=O. The molecule has 6 heteroatoms. The number of fused-ring (bicyclic) bond motifs is 1. The first-order valence-electron chi connectivity index (χ1n) is 6.51. The molecule has 2 aromatic heterocycles. The Morgan fingerprint density at radius 3 is 2.82 bits per heavy atom. The minimum Gasteiger partial charge on any atom is -0.422 e. The van der Waals surface area contributed by atoms with Crippen LogP contribution in [-0.4, -0.2) is 10.9 Å². The molecule has 0 aliphatic carbocycles. The largest absolute Gasteiger partial charge is 0.422 e. The number of rotatable bonds is 2. The van der Waals surface area contributed by atoms with Crippen molar-refractivity contribution in [2.24, 2.45) is 0 Å². The molecule has 0 fully saturated rings. The molecule has 0 spiro atoms. The summed E-state index contributed by atoms with van der Waals surface area (Å²) in [5.41, 5.74) is 0.503. The lowest BCUT2D eigenvalue weighted by Gasteiger charge is -2.07. The maximum Gasteiger partial charge on any atom is 0.349 e. The number of nitrogens with one attached hydrogen (secondary N) is 1. The first-order chi connectivity index (χ1) is 10.5. The molecule has 0 radical (unpaired) electrons. The number of hydrogen-bond donors (Lipinski definition) is 1. The van der Waals surface area contributed by atoms with Crippen LogP contribution in [0.5, 0.6) is 0 Å². The Morgan fingerprint density at radius 2 is 2.05 bits per heavy atom. The van der Waals surface area contributed by atoms with Crippen LogP contribution in [0.25, 0.3) is 11.0 Å². The van der Waals surface area contributed by atoms with Crippen LogP contribution in [0.3, 0.4) is 0 Å². The van der Waals surface area contributed by atoms with E-state index in [-0.39, 0.29) is 5.56 Å². The van der Waals surface area contributed by atoms with Crippen molar-refractivity contribution in [2.45, 2.75) is 6.92 Å². The third-order valence-electron chi connectivity index (χ3n) is 3.16. The molecule has 0 aliphatic rings. The van der Waals surface area contributed by atoms with Gasteiger partial charge >= 0.3 is 5.63 Å². The molecular weight excluding hydrogens is 348 g/mol. The molecule has 3 aromatic rings. The smallest absolute Gasteiger partial charge is 0.349 e. The number of halogens is 1. The molecule has 0 unspecified atom stereocenters. The number of hydrogen-bond acceptors (Lipinski definition) is 4. The third kappa shape index (κ3) is 2.78. The van der Waals surface area contributed by atoms with Gasteiger partial charge in [0.25, 0.3) is 5.91 Å². The van der Waals surface area contributed by atoms with Gasteiger partial charge in [0.1, 0.15) is 17.0 Å². The van der Waals surface area contributed by atoms with Gasteiger partial charge in [-0.05, 0) is 46.6 Å². The summed E-state index contributed by atoms with van der Waals surface area (Å²) in [6, 6.07) is 10.4. The molecule has 22 heavy (non-hydrogen) atoms. The summed E-state index contributed by atoms with van der Waals surface area (Å²) in [5.74, 6) is -0.141. The van der Waals surface area contributed by atoms with Crippen molar-refractivity contribution in [3.63, 3.8) is 0 Å². The Hall–Kier alpha value is -2.47. The number of amides is 1. The lowest BCUT2D eigenvalue weighted by Crippen LogP contribution is -2.21. The van der Waals surface area contributed by atoms with E-state index in [9.17, 15) is 9.59 Å². The van der Waals surface area contributed by atoms with E-state index in [1.54, 1.807) is 24.4 Å². The van der Waals surface area contributed by atoms with Gasteiger partial charge in [0.2, 0.25) is 0 Å². The van der Waals surface area contributed by atoms with Gasteiger partial charge in [-0.1, -0.05) is 18.2 Å². The Labute approximate surface area is 134 Å². The second-order valence-corrected chi connectivity index (χ2v) is 5.67. The molecule has 0 saturated carbocycles. The Kier molecular flexibility index (Phi) is 3.77. The monoisotopic (exact) mass is 358 g/mol. The van der Waals surface area contributed by atoms with Gasteiger partial charge < -0.3 is 9.73 Å². The molecule has 1 N–H and O–H groups in total. The lowest BCUT2D eigenvalue weighted by atomic mass is 10.2. The van der Waals surface area contributed by atoms with Crippen LogP contribution in [0.1, 0.15) is 15.9 Å². The van der Waals surface area contributed by atoms with Crippen LogP contribution in [0.4, 0.5) is 5.82 Å². The highest BCUT2D eigenvalue weighted by Crippen LogP contribution is 2.18. The zero-order valence-electron chi connectivity index (χ0n) is 11.6. The number of carbonyl (C=O) groups is 1. The minimum absolute atomic E-state index is 0.0529. The molecule has 1 aromatic carbocycles. The number of aryl methyl sites for hydroxylation is 1. The zero-order valence-corrected chi connectivity index (χ0v) is 13.2. The average molecular weight is 359 g/mol. The number of aromatic nitrogens is 1. The first-order valence-corrected chi connectivity index (χ1v) is 7.30. The topological polar surface area (TPSA) is 72.2 Å². The summed E-state index contributed by atoms with van der Waals surface area (Å²) in [6.07, 6.45) is 1.57. The summed E-state index contributed by atoms with van der Waals surface area (Å²) in [6.45, 7) is 1.82. The van der Waals surface area contributed by atoms with E-state index in [4.69, 9.17) is 4.42 Å². The third-order valence-corrected chi connectivity index (χ3v) is 3.60. The molecule has 5 nitrogen and oxygen atoms in total. The molecule has 1 amide bonds. The van der Waals surface area contributed by atoms with Crippen molar-refractivity contribution in [2.75, 3.05) is 5.32 Å². The van der Waals surface area contributed by atoms with Crippen molar-refractivity contribution in [3.05, 3.63) is 68.6 Å². The number of nitrogens with zero attached hydrogens (tertiary/aromatic N) is 1. The fourth-order valence-electron chi connectivity index (χ4n) is 2.07. The van der Waals surface area contributed by atoms with Gasteiger partial charge in [-0.25, -0.2) is 9.78 Å². The predicted octanol–water partition coefficient (Wildman–Crippen LogP) is 3.51. The van der Waals surface area contributed by atoms with E-state index < -0.39 is 11.5 Å². The molecule has 0 aliphatic heterocycles. The van der Waals surface area contributed by atoms with Gasteiger partial charge in [0.05, 0.1) is 0 Å². The van der Waals surface area contributed by atoms with Gasteiger partial charge in [-0.15, -0.1) is 0 Å². The fraction of sp³-hybridized carbons (Fsp3) is 0.0625. The van der Waals surface area contributed by atoms with E-state index in [1.165, 1.54) is 6.07 Å². The molecule has 0 bridgehead atoms. The van der Waals surface area contributed by atoms with Gasteiger partial charge in [-0.3, -0.25) is 4.79 Å².